The van der Waals surface area contributed by atoms with Crippen LogP contribution in [0, 0.1) is 0 Å². The number of hydrogen-bond donors (Lipinski definition) is 2. The third-order valence-corrected chi connectivity index (χ3v) is 0.861. The molecule has 1 amide bonds. The van der Waals surface area contributed by atoms with Gasteiger partial charge < -0.3 is 15.2 Å². The van der Waals surface area contributed by atoms with Crippen LogP contribution in [0.4, 0.5) is 4.79 Å². The van der Waals surface area contributed by atoms with Crippen molar-refractivity contribution in [3.8, 4) is 0 Å². The molecule has 0 fully saturated rings. The first-order valence-corrected chi connectivity index (χ1v) is 2.85. The van der Waals surface area contributed by atoms with Crippen molar-refractivity contribution in [3.63, 3.8) is 0 Å². The smallest absolute Gasteiger partial charge is 0.406 e. The Morgan fingerprint density at radius 1 is 2.00 bits per heavy atom. The highest BCUT2D eigenvalue weighted by Crippen LogP contribution is 1.85. The lowest BCUT2D eigenvalue weighted by molar-refractivity contribution is 0.0926. The van der Waals surface area contributed by atoms with Crippen LogP contribution in [0.2, 0.25) is 0 Å². The molecule has 0 radical (unpaired) electrons. The molecule has 1 atom stereocenters. The van der Waals surface area contributed by atoms with Crippen LogP contribution in [0.1, 0.15) is 0 Å². The van der Waals surface area contributed by atoms with Crippen LogP contribution in [-0.4, -0.2) is 31.0 Å². The molecule has 0 saturated carbocycles. The minimum Gasteiger partial charge on any atom is -0.446 e. The summed E-state index contributed by atoms with van der Waals surface area (Å²) >= 11 is 0. The Labute approximate surface area is 59.5 Å². The number of aliphatic hydroxyl groups is 1. The Morgan fingerprint density at radius 3 is 3.00 bits per heavy atom. The Bertz CT molecular complexity index is 124. The summed E-state index contributed by atoms with van der Waals surface area (Å²) in [4.78, 5) is 10.4. The van der Waals surface area contributed by atoms with Gasteiger partial charge >= 0.3 is 6.09 Å². The second-order valence-electron chi connectivity index (χ2n) is 1.65. The van der Waals surface area contributed by atoms with Gasteiger partial charge in [-0.25, -0.2) is 4.79 Å². The predicted molar refractivity (Wildman–Crippen MR) is 36.6 cm³/mol. The highest BCUT2D eigenvalue weighted by molar-refractivity contribution is 5.66. The van der Waals surface area contributed by atoms with E-state index in [4.69, 9.17) is 5.11 Å². The van der Waals surface area contributed by atoms with Gasteiger partial charge in [0.05, 0.1) is 0 Å². The molecular weight excluding hydrogens is 134 g/mol. The van der Waals surface area contributed by atoms with Crippen LogP contribution in [0.15, 0.2) is 12.7 Å². The number of carbonyl (C=O) groups is 1. The number of nitrogens with one attached hydrogen (secondary N) is 1. The van der Waals surface area contributed by atoms with E-state index in [0.29, 0.717) is 0 Å². The number of ether oxygens (including phenoxy) is 1. The van der Waals surface area contributed by atoms with Crippen LogP contribution in [0.25, 0.3) is 0 Å². The molecule has 0 aliphatic rings. The molecule has 10 heavy (non-hydrogen) atoms. The van der Waals surface area contributed by atoms with Crippen LogP contribution in [0.5, 0.6) is 0 Å². The molecule has 0 aromatic carbocycles. The second-order valence-corrected chi connectivity index (χ2v) is 1.65. The Morgan fingerprint density at radius 2 is 2.60 bits per heavy atom. The van der Waals surface area contributed by atoms with Crippen LogP contribution >= 0.6 is 0 Å². The number of carbonyl (C=O) groups excluding carboxylic acids is 1. The SMILES string of the molecule is C=CC(O)COC(=O)NC. The number of alkyl carbamates (subject to hydrolysis) is 1. The molecule has 0 saturated heterocycles. The summed E-state index contributed by atoms with van der Waals surface area (Å²) < 4.78 is 4.47. The van der Waals surface area contributed by atoms with E-state index in [1.165, 1.54) is 13.1 Å². The summed E-state index contributed by atoms with van der Waals surface area (Å²) in [6, 6.07) is 0. The van der Waals surface area contributed by atoms with Crippen LogP contribution in [-0.2, 0) is 4.74 Å². The van der Waals surface area contributed by atoms with Gasteiger partial charge in [-0.05, 0) is 0 Å². The quantitative estimate of drug-likeness (QED) is 0.545. The van der Waals surface area contributed by atoms with Gasteiger partial charge in [0.25, 0.3) is 0 Å². The van der Waals surface area contributed by atoms with E-state index in [1.54, 1.807) is 0 Å². The fourth-order valence-electron chi connectivity index (χ4n) is 0.301. The summed E-state index contributed by atoms with van der Waals surface area (Å²) in [6.07, 6.45) is -0.0404. The van der Waals surface area contributed by atoms with E-state index in [9.17, 15) is 4.79 Å². The zero-order valence-corrected chi connectivity index (χ0v) is 5.83. The Balaban J connectivity index is 3.34. The van der Waals surface area contributed by atoms with Crippen molar-refractivity contribution in [1.29, 1.82) is 0 Å². The third-order valence-electron chi connectivity index (χ3n) is 0.861. The van der Waals surface area contributed by atoms with Gasteiger partial charge in [0.1, 0.15) is 12.7 Å². The normalized spacial score (nSPS) is 11.8. The molecule has 0 heterocycles. The van der Waals surface area contributed by atoms with E-state index in [2.05, 4.69) is 16.6 Å². The third kappa shape index (κ3) is 3.91. The van der Waals surface area contributed by atoms with Gasteiger partial charge in [0.2, 0.25) is 0 Å². The fraction of sp³-hybridized carbons (Fsp3) is 0.500. The van der Waals surface area contributed by atoms with Crippen molar-refractivity contribution in [1.82, 2.24) is 5.32 Å². The van der Waals surface area contributed by atoms with Crippen LogP contribution in [0.3, 0.4) is 0 Å². The first-order chi connectivity index (χ1) is 4.70. The minimum absolute atomic E-state index is 0.0524. The zero-order chi connectivity index (χ0) is 7.98. The molecule has 0 bridgehead atoms. The van der Waals surface area contributed by atoms with Gasteiger partial charge in [0, 0.05) is 7.05 Å². The number of aliphatic hydroxyl groups excluding tert-OH is 1. The minimum atomic E-state index is -0.780. The molecule has 1 unspecified atom stereocenters. The highest BCUT2D eigenvalue weighted by Gasteiger charge is 2.01. The van der Waals surface area contributed by atoms with E-state index >= 15 is 0 Å². The van der Waals surface area contributed by atoms with E-state index in [1.807, 2.05) is 0 Å². The molecule has 0 aromatic heterocycles. The molecule has 58 valence electrons. The van der Waals surface area contributed by atoms with Crippen LogP contribution < -0.4 is 5.32 Å². The first kappa shape index (κ1) is 8.97. The Hall–Kier alpha value is -1.03. The van der Waals surface area contributed by atoms with Gasteiger partial charge in [-0.3, -0.25) is 0 Å². The van der Waals surface area contributed by atoms with Gasteiger partial charge in [-0.2, -0.15) is 0 Å². The molecule has 2 N–H and O–H groups in total. The molecule has 0 rings (SSSR count). The molecule has 0 aliphatic heterocycles. The maximum atomic E-state index is 10.4. The van der Waals surface area contributed by atoms with Crippen molar-refractivity contribution < 1.29 is 14.6 Å². The lowest BCUT2D eigenvalue weighted by Crippen LogP contribution is -2.23. The summed E-state index contributed by atoms with van der Waals surface area (Å²) in [7, 11) is 1.45. The van der Waals surface area contributed by atoms with Gasteiger partial charge in [0.15, 0.2) is 0 Å². The topological polar surface area (TPSA) is 58.6 Å². The highest BCUT2D eigenvalue weighted by atomic mass is 16.6. The van der Waals surface area contributed by atoms with Crippen molar-refractivity contribution in [2.45, 2.75) is 6.10 Å². The predicted octanol–water partition coefficient (Wildman–Crippen LogP) is -0.111. The van der Waals surface area contributed by atoms with E-state index in [-0.39, 0.29) is 6.61 Å². The maximum absolute atomic E-state index is 10.4. The standard InChI is InChI=1S/C6H11NO3/c1-3-5(8)4-10-6(9)7-2/h3,5,8H,1,4H2,2H3,(H,7,9). The first-order valence-electron chi connectivity index (χ1n) is 2.85. The maximum Gasteiger partial charge on any atom is 0.406 e. The fourth-order valence-corrected chi connectivity index (χ4v) is 0.301. The summed E-state index contributed by atoms with van der Waals surface area (Å²) in [5.41, 5.74) is 0. The average Bonchev–Trinajstić information content (AvgIpc) is 1.99. The molecule has 4 nitrogen and oxygen atoms in total. The van der Waals surface area contributed by atoms with Crippen molar-refractivity contribution in [3.05, 3.63) is 12.7 Å². The molecule has 0 spiro atoms. The van der Waals surface area contributed by atoms with Crippen molar-refractivity contribution in [2.24, 2.45) is 0 Å². The van der Waals surface area contributed by atoms with E-state index in [0.717, 1.165) is 0 Å². The monoisotopic (exact) mass is 145 g/mol. The zero-order valence-electron chi connectivity index (χ0n) is 5.83. The average molecular weight is 145 g/mol. The summed E-state index contributed by atoms with van der Waals surface area (Å²) in [5, 5.41) is 11.0. The largest absolute Gasteiger partial charge is 0.446 e. The van der Waals surface area contributed by atoms with Gasteiger partial charge in [-0.1, -0.05) is 6.08 Å². The molecular formula is C6H11NO3. The van der Waals surface area contributed by atoms with E-state index < -0.39 is 12.2 Å². The number of amides is 1. The number of hydrogen-bond acceptors (Lipinski definition) is 3. The molecule has 4 heteroatoms. The second kappa shape index (κ2) is 4.81. The Kier molecular flexibility index (Phi) is 4.32. The number of rotatable bonds is 3. The molecule has 0 aliphatic carbocycles. The lowest BCUT2D eigenvalue weighted by Gasteiger charge is -2.05. The van der Waals surface area contributed by atoms with Crippen molar-refractivity contribution >= 4 is 6.09 Å². The molecule has 0 aromatic rings. The van der Waals surface area contributed by atoms with Gasteiger partial charge in [-0.15, -0.1) is 6.58 Å². The summed E-state index contributed by atoms with van der Waals surface area (Å²) in [5.74, 6) is 0. The van der Waals surface area contributed by atoms with Crippen molar-refractivity contribution in [2.75, 3.05) is 13.7 Å². The lowest BCUT2D eigenvalue weighted by atomic mass is 10.4. The summed E-state index contributed by atoms with van der Waals surface area (Å²) in [6.45, 7) is 3.25.